The molecule has 6 heteroatoms. The number of furan rings is 1. The number of urea groups is 1. The maximum atomic E-state index is 12.4. The Morgan fingerprint density at radius 3 is 2.76 bits per heavy atom. The van der Waals surface area contributed by atoms with Crippen LogP contribution in [-0.2, 0) is 4.79 Å². The van der Waals surface area contributed by atoms with E-state index in [0.29, 0.717) is 13.0 Å². The van der Waals surface area contributed by atoms with Gasteiger partial charge in [0.15, 0.2) is 0 Å². The molecule has 1 unspecified atom stereocenters. The third-order valence-electron chi connectivity index (χ3n) is 4.71. The van der Waals surface area contributed by atoms with Crippen LogP contribution in [0.1, 0.15) is 44.1 Å². The maximum Gasteiger partial charge on any atom is 0.316 e. The van der Waals surface area contributed by atoms with Crippen LogP contribution in [0.3, 0.4) is 0 Å². The average Bonchev–Trinajstić information content (AvgIpc) is 2.91. The minimum Gasteiger partial charge on any atom is -0.459 e. The Labute approximate surface area is 147 Å². The number of piperidine rings is 1. The summed E-state index contributed by atoms with van der Waals surface area (Å²) < 4.78 is 6.01. The quantitative estimate of drug-likeness (QED) is 0.798. The van der Waals surface area contributed by atoms with Crippen molar-refractivity contribution in [2.75, 3.05) is 6.54 Å². The van der Waals surface area contributed by atoms with E-state index in [1.165, 1.54) is 0 Å². The number of benzene rings is 1. The summed E-state index contributed by atoms with van der Waals surface area (Å²) in [7, 11) is 0. The smallest absolute Gasteiger partial charge is 0.316 e. The molecule has 1 aromatic heterocycles. The first kappa shape index (κ1) is 17.3. The van der Waals surface area contributed by atoms with Gasteiger partial charge in [-0.15, -0.1) is 0 Å². The van der Waals surface area contributed by atoms with Crippen LogP contribution in [0, 0.1) is 12.8 Å². The molecule has 0 saturated carbocycles. The molecule has 25 heavy (non-hydrogen) atoms. The first-order valence-corrected chi connectivity index (χ1v) is 8.80. The average molecular weight is 343 g/mol. The highest BCUT2D eigenvalue weighted by Gasteiger charge is 2.28. The van der Waals surface area contributed by atoms with Crippen LogP contribution in [0.25, 0.3) is 11.0 Å². The van der Waals surface area contributed by atoms with Crippen molar-refractivity contribution >= 4 is 22.9 Å². The molecular formula is C19H25N3O3. The fourth-order valence-corrected chi connectivity index (χ4v) is 3.28. The van der Waals surface area contributed by atoms with Crippen molar-refractivity contribution in [1.29, 1.82) is 0 Å². The molecule has 2 atom stereocenters. The van der Waals surface area contributed by atoms with Gasteiger partial charge in [0.05, 0.1) is 6.04 Å². The molecule has 0 bridgehead atoms. The molecule has 1 aliphatic rings. The van der Waals surface area contributed by atoms with Crippen LogP contribution >= 0.6 is 0 Å². The maximum absolute atomic E-state index is 12.4. The Bertz CT molecular complexity index is 781. The van der Waals surface area contributed by atoms with Crippen LogP contribution in [0.5, 0.6) is 0 Å². The summed E-state index contributed by atoms with van der Waals surface area (Å²) in [6.07, 6.45) is 1.53. The lowest BCUT2D eigenvalue weighted by atomic mass is 9.98. The zero-order valence-electron chi connectivity index (χ0n) is 14.9. The molecule has 6 nitrogen and oxygen atoms in total. The van der Waals surface area contributed by atoms with Crippen molar-refractivity contribution in [1.82, 2.24) is 16.0 Å². The summed E-state index contributed by atoms with van der Waals surface area (Å²) in [4.78, 5) is 24.2. The highest BCUT2D eigenvalue weighted by Crippen LogP contribution is 2.32. The second-order valence-electron chi connectivity index (χ2n) is 6.91. The van der Waals surface area contributed by atoms with Crippen LogP contribution in [0.4, 0.5) is 4.79 Å². The monoisotopic (exact) mass is 343 g/mol. The minimum atomic E-state index is -0.474. The molecule has 1 aliphatic heterocycles. The van der Waals surface area contributed by atoms with Crippen molar-refractivity contribution in [2.45, 2.75) is 45.7 Å². The number of hydrogen-bond acceptors (Lipinski definition) is 3. The molecule has 1 aromatic carbocycles. The molecule has 3 rings (SSSR count). The summed E-state index contributed by atoms with van der Waals surface area (Å²) in [6, 6.07) is 6.76. The molecule has 0 radical (unpaired) electrons. The number of carbonyl (C=O) groups is 2. The molecule has 1 saturated heterocycles. The summed E-state index contributed by atoms with van der Waals surface area (Å²) in [5.41, 5.74) is 1.85. The van der Waals surface area contributed by atoms with E-state index in [1.54, 1.807) is 0 Å². The van der Waals surface area contributed by atoms with Crippen molar-refractivity contribution in [3.8, 4) is 0 Å². The highest BCUT2D eigenvalue weighted by molar-refractivity contribution is 5.88. The summed E-state index contributed by atoms with van der Waals surface area (Å²) in [5, 5.41) is 9.58. The van der Waals surface area contributed by atoms with E-state index in [-0.39, 0.29) is 23.9 Å². The van der Waals surface area contributed by atoms with Gasteiger partial charge in [0.2, 0.25) is 5.91 Å². The number of fused-ring (bicyclic) bond motifs is 1. The van der Waals surface area contributed by atoms with Crippen LogP contribution in [0.15, 0.2) is 28.7 Å². The number of aryl methyl sites for hydroxylation is 1. The first-order valence-electron chi connectivity index (χ1n) is 8.80. The molecule has 2 aromatic rings. The van der Waals surface area contributed by atoms with E-state index in [9.17, 15) is 9.59 Å². The second kappa shape index (κ2) is 7.17. The zero-order chi connectivity index (χ0) is 18.0. The van der Waals surface area contributed by atoms with Gasteiger partial charge >= 0.3 is 6.03 Å². The standard InChI is InChI=1S/C19H25N3O3/c1-11(2)16(17-12(3)13-7-4-5-9-15(13)25-17)22-19(24)21-14-8-6-10-20-18(14)23/h4-5,7,9,11,14,16H,6,8,10H2,1-3H3,(H,20,23)(H2,21,22,24)/t14?,16-/m0/s1. The van der Waals surface area contributed by atoms with Crippen LogP contribution in [0.2, 0.25) is 0 Å². The van der Waals surface area contributed by atoms with Crippen LogP contribution < -0.4 is 16.0 Å². The van der Waals surface area contributed by atoms with E-state index in [1.807, 2.05) is 45.0 Å². The molecule has 2 heterocycles. The van der Waals surface area contributed by atoms with Gasteiger partial charge in [-0.3, -0.25) is 4.79 Å². The predicted octanol–water partition coefficient (Wildman–Crippen LogP) is 3.02. The van der Waals surface area contributed by atoms with Crippen molar-refractivity contribution < 1.29 is 14.0 Å². The van der Waals surface area contributed by atoms with Crippen molar-refractivity contribution in [3.63, 3.8) is 0 Å². The lowest BCUT2D eigenvalue weighted by Gasteiger charge is -2.26. The Kier molecular flexibility index (Phi) is 4.97. The van der Waals surface area contributed by atoms with Crippen molar-refractivity contribution in [2.24, 2.45) is 5.92 Å². The Balaban J connectivity index is 1.77. The molecule has 3 amide bonds. The number of para-hydroxylation sites is 1. The minimum absolute atomic E-state index is 0.123. The Morgan fingerprint density at radius 1 is 1.32 bits per heavy atom. The summed E-state index contributed by atoms with van der Waals surface area (Å²) in [5.74, 6) is 0.784. The number of nitrogens with one attached hydrogen (secondary N) is 3. The van der Waals surface area contributed by atoms with Gasteiger partial charge in [-0.2, -0.15) is 0 Å². The number of rotatable bonds is 4. The number of amides is 3. The van der Waals surface area contributed by atoms with E-state index in [2.05, 4.69) is 16.0 Å². The van der Waals surface area contributed by atoms with Gasteiger partial charge in [-0.25, -0.2) is 4.79 Å². The number of hydrogen-bond donors (Lipinski definition) is 3. The second-order valence-corrected chi connectivity index (χ2v) is 6.91. The third-order valence-corrected chi connectivity index (χ3v) is 4.71. The van der Waals surface area contributed by atoms with Gasteiger partial charge in [-0.05, 0) is 31.7 Å². The fraction of sp³-hybridized carbons (Fsp3) is 0.474. The predicted molar refractivity (Wildman–Crippen MR) is 96.2 cm³/mol. The first-order chi connectivity index (χ1) is 12.0. The normalized spacial score (nSPS) is 18.9. The Hall–Kier alpha value is -2.50. The summed E-state index contributed by atoms with van der Waals surface area (Å²) >= 11 is 0. The topological polar surface area (TPSA) is 83.4 Å². The van der Waals surface area contributed by atoms with Gasteiger partial charge in [0, 0.05) is 17.5 Å². The largest absolute Gasteiger partial charge is 0.459 e. The molecule has 0 aliphatic carbocycles. The summed E-state index contributed by atoms with van der Waals surface area (Å²) in [6.45, 7) is 6.74. The van der Waals surface area contributed by atoms with E-state index in [4.69, 9.17) is 4.42 Å². The molecule has 1 fully saturated rings. The van der Waals surface area contributed by atoms with Gasteiger partial charge in [-0.1, -0.05) is 32.0 Å². The van der Waals surface area contributed by atoms with Crippen molar-refractivity contribution in [3.05, 3.63) is 35.6 Å². The molecule has 0 spiro atoms. The van der Waals surface area contributed by atoms with Gasteiger partial charge < -0.3 is 20.4 Å². The van der Waals surface area contributed by atoms with E-state index >= 15 is 0 Å². The molecule has 134 valence electrons. The SMILES string of the molecule is Cc1c([C@@H](NC(=O)NC2CCCNC2=O)C(C)C)oc2ccccc12. The lowest BCUT2D eigenvalue weighted by molar-refractivity contribution is -0.124. The number of carbonyl (C=O) groups excluding carboxylic acids is 2. The fourth-order valence-electron chi connectivity index (χ4n) is 3.28. The zero-order valence-corrected chi connectivity index (χ0v) is 14.9. The Morgan fingerprint density at radius 2 is 2.08 bits per heavy atom. The molecular weight excluding hydrogens is 318 g/mol. The van der Waals surface area contributed by atoms with E-state index < -0.39 is 6.04 Å². The van der Waals surface area contributed by atoms with Crippen LogP contribution in [-0.4, -0.2) is 24.5 Å². The van der Waals surface area contributed by atoms with E-state index in [0.717, 1.165) is 28.7 Å². The lowest BCUT2D eigenvalue weighted by Crippen LogP contribution is -2.53. The van der Waals surface area contributed by atoms with Gasteiger partial charge in [0.25, 0.3) is 0 Å². The third kappa shape index (κ3) is 3.62. The highest BCUT2D eigenvalue weighted by atomic mass is 16.3. The van der Waals surface area contributed by atoms with Gasteiger partial charge in [0.1, 0.15) is 17.4 Å². The molecule has 3 N–H and O–H groups in total.